The summed E-state index contributed by atoms with van der Waals surface area (Å²) >= 11 is 0. The van der Waals surface area contributed by atoms with Crippen molar-refractivity contribution in [1.82, 2.24) is 10.3 Å². The maximum absolute atomic E-state index is 11.9. The average Bonchev–Trinajstić information content (AvgIpc) is 2.62. The Morgan fingerprint density at radius 2 is 2.20 bits per heavy atom. The molecule has 2 rings (SSSR count). The van der Waals surface area contributed by atoms with Gasteiger partial charge in [0.25, 0.3) is 5.91 Å². The summed E-state index contributed by atoms with van der Waals surface area (Å²) in [6.07, 6.45) is 1.54. The maximum Gasteiger partial charge on any atom is 0.254 e. The number of hydrogen-bond donors (Lipinski definition) is 1. The molecule has 0 bridgehead atoms. The third-order valence-corrected chi connectivity index (χ3v) is 3.43. The van der Waals surface area contributed by atoms with Crippen molar-refractivity contribution < 1.29 is 19.0 Å². The summed E-state index contributed by atoms with van der Waals surface area (Å²) in [4.78, 5) is 13.9. The minimum atomic E-state index is -0.169. The molecular weight excluding hydrogens is 324 g/mol. The van der Waals surface area contributed by atoms with Gasteiger partial charge >= 0.3 is 0 Å². The molecule has 1 aromatic carbocycles. The van der Waals surface area contributed by atoms with E-state index in [1.165, 1.54) is 6.21 Å². The molecule has 1 fully saturated rings. The highest BCUT2D eigenvalue weighted by Gasteiger charge is 2.13. The van der Waals surface area contributed by atoms with E-state index in [1.54, 1.807) is 18.2 Å². The Bertz CT molecular complexity index is 636. The molecule has 0 unspecified atom stereocenters. The molecule has 0 saturated carbocycles. The van der Waals surface area contributed by atoms with Gasteiger partial charge in [0.15, 0.2) is 18.1 Å². The van der Waals surface area contributed by atoms with Crippen LogP contribution in [0.4, 0.5) is 0 Å². The Labute approximate surface area is 147 Å². The molecule has 0 spiro atoms. The molecule has 1 saturated heterocycles. The summed E-state index contributed by atoms with van der Waals surface area (Å²) in [6, 6.07) is 7.14. The minimum Gasteiger partial charge on any atom is -0.490 e. The molecule has 134 valence electrons. The van der Waals surface area contributed by atoms with Gasteiger partial charge in [0, 0.05) is 13.1 Å². The van der Waals surface area contributed by atoms with Crippen molar-refractivity contribution in [3.05, 3.63) is 23.8 Å². The molecule has 25 heavy (non-hydrogen) atoms. The number of nitrogens with one attached hydrogen (secondary N) is 1. The first-order valence-corrected chi connectivity index (χ1v) is 8.11. The molecule has 8 heteroatoms. The van der Waals surface area contributed by atoms with E-state index in [4.69, 9.17) is 19.5 Å². The van der Waals surface area contributed by atoms with Crippen LogP contribution in [-0.2, 0) is 9.53 Å². The molecular formula is C17H22N4O4. The number of nitriles is 1. The van der Waals surface area contributed by atoms with E-state index in [2.05, 4.69) is 10.5 Å². The van der Waals surface area contributed by atoms with Crippen molar-refractivity contribution in [2.24, 2.45) is 5.10 Å². The number of rotatable bonds is 8. The minimum absolute atomic E-state index is 0.0505. The van der Waals surface area contributed by atoms with Crippen LogP contribution in [0.1, 0.15) is 12.5 Å². The smallest absolute Gasteiger partial charge is 0.254 e. The van der Waals surface area contributed by atoms with Gasteiger partial charge in [-0.15, -0.1) is 0 Å². The van der Waals surface area contributed by atoms with Crippen LogP contribution in [-0.4, -0.2) is 63.1 Å². The average molecular weight is 346 g/mol. The van der Waals surface area contributed by atoms with E-state index < -0.39 is 0 Å². The number of carbonyl (C=O) groups excluding carboxylic acids is 1. The number of nitrogens with zero attached hydrogens (tertiary/aromatic N) is 3. The van der Waals surface area contributed by atoms with E-state index in [1.807, 2.05) is 17.9 Å². The largest absolute Gasteiger partial charge is 0.490 e. The Balaban J connectivity index is 1.89. The molecule has 1 heterocycles. The van der Waals surface area contributed by atoms with Crippen molar-refractivity contribution in [2.75, 3.05) is 46.1 Å². The van der Waals surface area contributed by atoms with Crippen LogP contribution < -0.4 is 14.9 Å². The Morgan fingerprint density at radius 1 is 1.40 bits per heavy atom. The Hall–Kier alpha value is -2.63. The van der Waals surface area contributed by atoms with Gasteiger partial charge in [-0.1, -0.05) is 0 Å². The lowest BCUT2D eigenvalue weighted by molar-refractivity contribution is -0.123. The van der Waals surface area contributed by atoms with Gasteiger partial charge in [-0.05, 0) is 30.7 Å². The van der Waals surface area contributed by atoms with Crippen LogP contribution in [0.2, 0.25) is 0 Å². The second kappa shape index (κ2) is 10.3. The Morgan fingerprint density at radius 3 is 2.92 bits per heavy atom. The molecule has 0 aromatic heterocycles. The van der Waals surface area contributed by atoms with E-state index in [0.717, 1.165) is 18.7 Å². The molecule has 0 aliphatic carbocycles. The van der Waals surface area contributed by atoms with Gasteiger partial charge in [0.1, 0.15) is 6.07 Å². The lowest BCUT2D eigenvalue weighted by Gasteiger charge is -2.25. The predicted molar refractivity (Wildman–Crippen MR) is 91.7 cm³/mol. The molecule has 1 aromatic rings. The number of morpholine rings is 1. The number of amides is 1. The second-order valence-corrected chi connectivity index (χ2v) is 5.27. The van der Waals surface area contributed by atoms with Gasteiger partial charge in [0.2, 0.25) is 0 Å². The molecule has 1 amide bonds. The van der Waals surface area contributed by atoms with Crippen LogP contribution in [0.5, 0.6) is 11.5 Å². The zero-order chi connectivity index (χ0) is 17.9. The highest BCUT2D eigenvalue weighted by Crippen LogP contribution is 2.27. The van der Waals surface area contributed by atoms with E-state index in [-0.39, 0.29) is 12.5 Å². The van der Waals surface area contributed by atoms with Crippen LogP contribution in [0.25, 0.3) is 0 Å². The summed E-state index contributed by atoms with van der Waals surface area (Å²) in [6.45, 7) is 5.38. The van der Waals surface area contributed by atoms with Gasteiger partial charge in [-0.3, -0.25) is 9.69 Å². The van der Waals surface area contributed by atoms with Crippen molar-refractivity contribution in [3.63, 3.8) is 0 Å². The van der Waals surface area contributed by atoms with Crippen molar-refractivity contribution in [2.45, 2.75) is 6.92 Å². The normalized spacial score (nSPS) is 14.9. The Kier molecular flexibility index (Phi) is 7.69. The molecule has 1 aliphatic heterocycles. The summed E-state index contributed by atoms with van der Waals surface area (Å²) in [5, 5.41) is 12.6. The SMILES string of the molecule is CCOc1cc(/C=N/NC(=O)CN2CCOCC2)ccc1OCC#N. The lowest BCUT2D eigenvalue weighted by atomic mass is 10.2. The third kappa shape index (κ3) is 6.41. The highest BCUT2D eigenvalue weighted by molar-refractivity contribution is 5.83. The first kappa shape index (κ1) is 18.7. The molecule has 0 radical (unpaired) electrons. The summed E-state index contributed by atoms with van der Waals surface area (Å²) in [5.41, 5.74) is 3.26. The number of hydrazone groups is 1. The topological polar surface area (TPSA) is 96.2 Å². The fourth-order valence-corrected chi connectivity index (χ4v) is 2.28. The molecule has 0 atom stereocenters. The summed E-state index contributed by atoms with van der Waals surface area (Å²) in [7, 11) is 0. The van der Waals surface area contributed by atoms with Crippen molar-refractivity contribution in [1.29, 1.82) is 5.26 Å². The van der Waals surface area contributed by atoms with Crippen LogP contribution in [0.3, 0.4) is 0 Å². The summed E-state index contributed by atoms with van der Waals surface area (Å²) in [5.74, 6) is 0.857. The quantitative estimate of drug-likeness (QED) is 0.552. The molecule has 8 nitrogen and oxygen atoms in total. The van der Waals surface area contributed by atoms with Crippen molar-refractivity contribution in [3.8, 4) is 17.6 Å². The fraction of sp³-hybridized carbons (Fsp3) is 0.471. The molecule has 1 aliphatic rings. The van der Waals surface area contributed by atoms with E-state index in [0.29, 0.717) is 37.9 Å². The van der Waals surface area contributed by atoms with E-state index >= 15 is 0 Å². The van der Waals surface area contributed by atoms with Crippen LogP contribution >= 0.6 is 0 Å². The van der Waals surface area contributed by atoms with Crippen molar-refractivity contribution >= 4 is 12.1 Å². The molecule has 1 N–H and O–H groups in total. The fourth-order valence-electron chi connectivity index (χ4n) is 2.28. The zero-order valence-corrected chi connectivity index (χ0v) is 14.2. The number of benzene rings is 1. The summed E-state index contributed by atoms with van der Waals surface area (Å²) < 4.78 is 16.0. The first-order valence-electron chi connectivity index (χ1n) is 8.11. The monoisotopic (exact) mass is 346 g/mol. The van der Waals surface area contributed by atoms with Gasteiger partial charge in [-0.2, -0.15) is 10.4 Å². The van der Waals surface area contributed by atoms with E-state index in [9.17, 15) is 4.79 Å². The van der Waals surface area contributed by atoms with Crippen LogP contribution in [0, 0.1) is 11.3 Å². The van der Waals surface area contributed by atoms with Gasteiger partial charge in [-0.25, -0.2) is 5.43 Å². The van der Waals surface area contributed by atoms with Crippen LogP contribution in [0.15, 0.2) is 23.3 Å². The number of hydrogen-bond acceptors (Lipinski definition) is 7. The third-order valence-electron chi connectivity index (χ3n) is 3.43. The zero-order valence-electron chi connectivity index (χ0n) is 14.2. The standard InChI is InChI=1S/C17H22N4O4/c1-2-24-16-11-14(3-4-15(16)25-8-5-18)12-19-20-17(22)13-21-6-9-23-10-7-21/h3-4,11-12H,2,6-10,13H2,1H3,(H,20,22)/b19-12+. The first-order chi connectivity index (χ1) is 12.2. The lowest BCUT2D eigenvalue weighted by Crippen LogP contribution is -2.42. The number of ether oxygens (including phenoxy) is 3. The second-order valence-electron chi connectivity index (χ2n) is 5.27. The van der Waals surface area contributed by atoms with Gasteiger partial charge < -0.3 is 14.2 Å². The highest BCUT2D eigenvalue weighted by atomic mass is 16.5. The number of carbonyl (C=O) groups is 1. The van der Waals surface area contributed by atoms with Gasteiger partial charge in [0.05, 0.1) is 32.6 Å². The predicted octanol–water partition coefficient (Wildman–Crippen LogP) is 0.770. The maximum atomic E-state index is 11.9.